The zero-order chi connectivity index (χ0) is 12.8. The van der Waals surface area contributed by atoms with Gasteiger partial charge in [0.2, 0.25) is 0 Å². The second-order valence-corrected chi connectivity index (χ2v) is 4.37. The van der Waals surface area contributed by atoms with Gasteiger partial charge >= 0.3 is 0 Å². The Morgan fingerprint density at radius 3 is 2.60 bits per heavy atom. The fourth-order valence-corrected chi connectivity index (χ4v) is 1.96. The van der Waals surface area contributed by atoms with Gasteiger partial charge in [-0.2, -0.15) is 0 Å². The van der Waals surface area contributed by atoms with Gasteiger partial charge in [0.25, 0.3) is 0 Å². The number of fused-ring (bicyclic) bond motifs is 1. The van der Waals surface area contributed by atoms with Gasteiger partial charge in [-0.05, 0) is 31.5 Å². The molecule has 0 aliphatic rings. The van der Waals surface area contributed by atoms with Gasteiger partial charge in [-0.15, -0.1) is 24.8 Å². The number of hydrogen-bond acceptors (Lipinski definition) is 3. The first kappa shape index (κ1) is 18.8. The minimum absolute atomic E-state index is 0. The van der Waals surface area contributed by atoms with Crippen molar-refractivity contribution >= 4 is 41.5 Å². The lowest BCUT2D eigenvalue weighted by Gasteiger charge is -2.07. The van der Waals surface area contributed by atoms with Crippen molar-refractivity contribution < 1.29 is 0 Å². The number of nitrogens with two attached hydrogens (primary N) is 1. The number of anilines is 1. The van der Waals surface area contributed by atoms with Crippen LogP contribution in [0.5, 0.6) is 0 Å². The van der Waals surface area contributed by atoms with E-state index in [-0.39, 0.29) is 30.2 Å². The van der Waals surface area contributed by atoms with Crippen molar-refractivity contribution in [1.29, 1.82) is 0 Å². The summed E-state index contributed by atoms with van der Waals surface area (Å²) >= 11 is 0. The van der Waals surface area contributed by atoms with Gasteiger partial charge in [-0.3, -0.25) is 4.79 Å². The van der Waals surface area contributed by atoms with Crippen LogP contribution < -0.4 is 16.5 Å². The zero-order valence-corrected chi connectivity index (χ0v) is 12.9. The van der Waals surface area contributed by atoms with Crippen LogP contribution >= 0.6 is 24.8 Å². The van der Waals surface area contributed by atoms with E-state index in [0.717, 1.165) is 49.1 Å². The van der Waals surface area contributed by atoms with Gasteiger partial charge in [-0.1, -0.05) is 18.6 Å². The quantitative estimate of drug-likeness (QED) is 0.717. The van der Waals surface area contributed by atoms with E-state index in [4.69, 9.17) is 5.73 Å². The topological polar surface area (TPSA) is 70.9 Å². The normalized spacial score (nSPS) is 9.65. The lowest BCUT2D eigenvalue weighted by Crippen LogP contribution is -2.09. The first-order valence-corrected chi connectivity index (χ1v) is 6.37. The number of pyridine rings is 1. The highest BCUT2D eigenvalue weighted by atomic mass is 35.5. The number of aromatic amines is 1. The first-order valence-electron chi connectivity index (χ1n) is 6.37. The average molecular weight is 318 g/mol. The minimum Gasteiger partial charge on any atom is -0.372 e. The standard InChI is InChI=1S/C14H19N3O.2ClH/c15-8-4-1-5-9-16-14-10-13(18)11-6-2-3-7-12(11)17-14;;/h2-3,6-7,10H,1,4-5,8-9,15H2,(H2,16,17,18);2*1H. The van der Waals surface area contributed by atoms with E-state index in [1.54, 1.807) is 6.07 Å². The molecule has 0 amide bonds. The highest BCUT2D eigenvalue weighted by Crippen LogP contribution is 2.10. The molecule has 1 heterocycles. The summed E-state index contributed by atoms with van der Waals surface area (Å²) in [5.41, 5.74) is 6.36. The van der Waals surface area contributed by atoms with E-state index in [9.17, 15) is 4.79 Å². The number of hydrogen-bond donors (Lipinski definition) is 3. The van der Waals surface area contributed by atoms with Gasteiger partial charge in [0, 0.05) is 18.0 Å². The number of halogens is 2. The summed E-state index contributed by atoms with van der Waals surface area (Å²) in [4.78, 5) is 15.1. The molecule has 2 rings (SSSR count). The van der Waals surface area contributed by atoms with Crippen LogP contribution in [0.3, 0.4) is 0 Å². The van der Waals surface area contributed by atoms with Crippen LogP contribution in [0, 0.1) is 0 Å². The molecule has 0 radical (unpaired) electrons. The van der Waals surface area contributed by atoms with E-state index in [1.807, 2.05) is 24.3 Å². The Morgan fingerprint density at radius 2 is 1.85 bits per heavy atom. The lowest BCUT2D eigenvalue weighted by atomic mass is 10.2. The Balaban J connectivity index is 0.00000180. The predicted octanol–water partition coefficient (Wildman–Crippen LogP) is 2.91. The van der Waals surface area contributed by atoms with Crippen LogP contribution in [0.4, 0.5) is 5.82 Å². The van der Waals surface area contributed by atoms with Crippen molar-refractivity contribution in [2.75, 3.05) is 18.4 Å². The third-order valence-electron chi connectivity index (χ3n) is 2.93. The monoisotopic (exact) mass is 317 g/mol. The number of unbranched alkanes of at least 4 members (excludes halogenated alkanes) is 2. The number of benzene rings is 1. The fourth-order valence-electron chi connectivity index (χ4n) is 1.96. The van der Waals surface area contributed by atoms with Gasteiger partial charge < -0.3 is 16.0 Å². The predicted molar refractivity (Wildman–Crippen MR) is 90.5 cm³/mol. The summed E-state index contributed by atoms with van der Waals surface area (Å²) in [5.74, 6) is 0.784. The van der Waals surface area contributed by atoms with Crippen LogP contribution in [-0.2, 0) is 0 Å². The lowest BCUT2D eigenvalue weighted by molar-refractivity contribution is 0.706. The Hall–Kier alpha value is -1.23. The van der Waals surface area contributed by atoms with E-state index < -0.39 is 0 Å². The fraction of sp³-hybridized carbons (Fsp3) is 0.357. The van der Waals surface area contributed by atoms with Crippen molar-refractivity contribution in [2.24, 2.45) is 5.73 Å². The first-order chi connectivity index (χ1) is 8.81. The molecule has 2 aromatic rings. The molecule has 4 N–H and O–H groups in total. The molecule has 0 bridgehead atoms. The van der Waals surface area contributed by atoms with Crippen LogP contribution in [0.25, 0.3) is 10.9 Å². The van der Waals surface area contributed by atoms with Crippen molar-refractivity contribution in [2.45, 2.75) is 19.3 Å². The van der Waals surface area contributed by atoms with Crippen molar-refractivity contribution in [1.82, 2.24) is 4.98 Å². The summed E-state index contributed by atoms with van der Waals surface area (Å²) in [6.45, 7) is 1.60. The second-order valence-electron chi connectivity index (χ2n) is 4.37. The second kappa shape index (κ2) is 9.64. The molecule has 1 aromatic heterocycles. The highest BCUT2D eigenvalue weighted by molar-refractivity contribution is 5.85. The molecule has 0 aliphatic carbocycles. The van der Waals surface area contributed by atoms with Crippen molar-refractivity contribution in [3.05, 3.63) is 40.6 Å². The van der Waals surface area contributed by atoms with Gasteiger partial charge in [0.1, 0.15) is 5.82 Å². The third-order valence-corrected chi connectivity index (χ3v) is 2.93. The van der Waals surface area contributed by atoms with E-state index >= 15 is 0 Å². The summed E-state index contributed by atoms with van der Waals surface area (Å²) in [7, 11) is 0. The Morgan fingerprint density at radius 1 is 1.10 bits per heavy atom. The Labute approximate surface area is 131 Å². The zero-order valence-electron chi connectivity index (χ0n) is 11.2. The van der Waals surface area contributed by atoms with E-state index in [2.05, 4.69) is 10.3 Å². The number of para-hydroxylation sites is 1. The van der Waals surface area contributed by atoms with Gasteiger partial charge in [0.05, 0.1) is 5.52 Å². The largest absolute Gasteiger partial charge is 0.372 e. The summed E-state index contributed by atoms with van der Waals surface area (Å²) in [6.07, 6.45) is 3.23. The highest BCUT2D eigenvalue weighted by Gasteiger charge is 2.00. The molecule has 0 spiro atoms. The molecule has 4 nitrogen and oxygen atoms in total. The minimum atomic E-state index is 0. The molecule has 0 atom stereocenters. The number of nitrogens with one attached hydrogen (secondary N) is 2. The van der Waals surface area contributed by atoms with E-state index in [1.165, 1.54) is 0 Å². The molecule has 0 saturated heterocycles. The average Bonchev–Trinajstić information content (AvgIpc) is 2.39. The maximum atomic E-state index is 11.9. The molecular formula is C14H21Cl2N3O. The van der Waals surface area contributed by atoms with Crippen LogP contribution in [0.15, 0.2) is 35.1 Å². The molecule has 0 aliphatic heterocycles. The summed E-state index contributed by atoms with van der Waals surface area (Å²) in [5, 5.41) is 3.97. The van der Waals surface area contributed by atoms with Crippen molar-refractivity contribution in [3.8, 4) is 0 Å². The SMILES string of the molecule is Cl.Cl.NCCCCCNc1cc(=O)c2ccccc2[nH]1. The Kier molecular flexibility index (Phi) is 9.05. The smallest absolute Gasteiger partial charge is 0.191 e. The number of rotatable bonds is 6. The maximum absolute atomic E-state index is 11.9. The van der Waals surface area contributed by atoms with Gasteiger partial charge in [0.15, 0.2) is 5.43 Å². The molecule has 6 heteroatoms. The van der Waals surface area contributed by atoms with Gasteiger partial charge in [-0.25, -0.2) is 0 Å². The molecular weight excluding hydrogens is 297 g/mol. The summed E-state index contributed by atoms with van der Waals surface area (Å²) < 4.78 is 0. The molecule has 0 fully saturated rings. The summed E-state index contributed by atoms with van der Waals surface area (Å²) in [6, 6.07) is 9.15. The maximum Gasteiger partial charge on any atom is 0.191 e. The van der Waals surface area contributed by atoms with Crippen LogP contribution in [-0.4, -0.2) is 18.1 Å². The molecule has 1 aromatic carbocycles. The number of H-pyrrole nitrogens is 1. The van der Waals surface area contributed by atoms with Crippen LogP contribution in [0.2, 0.25) is 0 Å². The molecule has 0 saturated carbocycles. The third kappa shape index (κ3) is 5.04. The van der Waals surface area contributed by atoms with Crippen LogP contribution in [0.1, 0.15) is 19.3 Å². The number of aromatic nitrogens is 1. The molecule has 0 unspecified atom stereocenters. The molecule has 20 heavy (non-hydrogen) atoms. The Bertz CT molecular complexity index is 572. The van der Waals surface area contributed by atoms with Crippen molar-refractivity contribution in [3.63, 3.8) is 0 Å². The molecule has 112 valence electrons. The van der Waals surface area contributed by atoms with E-state index in [0.29, 0.717) is 0 Å².